The van der Waals surface area contributed by atoms with Crippen molar-refractivity contribution in [1.82, 2.24) is 0 Å². The van der Waals surface area contributed by atoms with Gasteiger partial charge in [0.25, 0.3) is 0 Å². The fourth-order valence-corrected chi connectivity index (χ4v) is 2.65. The Morgan fingerprint density at radius 1 is 1.25 bits per heavy atom. The lowest BCUT2D eigenvalue weighted by Crippen LogP contribution is -2.44. The fraction of sp³-hybridized carbons (Fsp3) is 0.333. The molecule has 28 heavy (non-hydrogen) atoms. The maximum Gasteiger partial charge on any atom is 0.336 e. The van der Waals surface area contributed by atoms with Crippen LogP contribution < -0.4 is 10.4 Å². The molecule has 7 heteroatoms. The highest BCUT2D eigenvalue weighted by molar-refractivity contribution is 6.01. The lowest BCUT2D eigenvalue weighted by atomic mass is 10.0. The van der Waals surface area contributed by atoms with Crippen LogP contribution >= 0.6 is 0 Å². The third-order valence-corrected chi connectivity index (χ3v) is 4.48. The minimum Gasteiger partial charge on any atom is -0.488 e. The zero-order chi connectivity index (χ0) is 20.5. The zero-order valence-electron chi connectivity index (χ0n) is 16.1. The van der Waals surface area contributed by atoms with Crippen LogP contribution in [0.3, 0.4) is 0 Å². The molecule has 0 fully saturated rings. The van der Waals surface area contributed by atoms with Gasteiger partial charge in [-0.1, -0.05) is 6.08 Å². The molecule has 0 aliphatic carbocycles. The van der Waals surface area contributed by atoms with Crippen molar-refractivity contribution in [2.75, 3.05) is 6.61 Å². The van der Waals surface area contributed by atoms with Gasteiger partial charge in [-0.2, -0.15) is 0 Å². The lowest BCUT2D eigenvalue weighted by molar-refractivity contribution is -0.160. The van der Waals surface area contributed by atoms with Crippen LogP contribution in [0.15, 0.2) is 55.8 Å². The second kappa shape index (κ2) is 7.52. The van der Waals surface area contributed by atoms with E-state index in [-0.39, 0.29) is 6.61 Å². The van der Waals surface area contributed by atoms with Gasteiger partial charge >= 0.3 is 11.6 Å². The quantitative estimate of drug-likeness (QED) is 0.393. The summed E-state index contributed by atoms with van der Waals surface area (Å²) in [5.74, 6) is -0.117. The predicted molar refractivity (Wildman–Crippen MR) is 103 cm³/mol. The van der Waals surface area contributed by atoms with Crippen LogP contribution in [-0.2, 0) is 9.53 Å². The number of fused-ring (bicyclic) bond motifs is 2. The lowest BCUT2D eigenvalue weighted by Gasteiger charge is -2.29. The van der Waals surface area contributed by atoms with Crippen LogP contribution in [0.5, 0.6) is 5.75 Å². The first kappa shape index (κ1) is 19.7. The summed E-state index contributed by atoms with van der Waals surface area (Å²) in [5.41, 5.74) is -0.603. The summed E-state index contributed by atoms with van der Waals surface area (Å²) < 4.78 is 22.0. The number of esters is 1. The van der Waals surface area contributed by atoms with Gasteiger partial charge in [-0.25, -0.2) is 9.59 Å². The predicted octanol–water partition coefficient (Wildman–Crippen LogP) is 3.57. The number of hydrogen-bond donors (Lipinski definition) is 1. The summed E-state index contributed by atoms with van der Waals surface area (Å²) in [6, 6.07) is 6.23. The third kappa shape index (κ3) is 3.94. The Hall–Kier alpha value is -3.06. The second-order valence-electron chi connectivity index (χ2n) is 7.03. The van der Waals surface area contributed by atoms with Crippen molar-refractivity contribution in [1.29, 1.82) is 0 Å². The molecule has 2 aromatic heterocycles. The molecule has 1 atom stereocenters. The van der Waals surface area contributed by atoms with E-state index >= 15 is 0 Å². The third-order valence-electron chi connectivity index (χ3n) is 4.48. The van der Waals surface area contributed by atoms with Crippen LogP contribution in [0.2, 0.25) is 0 Å². The average Bonchev–Trinajstić information content (AvgIpc) is 3.10. The maximum atomic E-state index is 12.1. The highest BCUT2D eigenvalue weighted by atomic mass is 16.6. The van der Waals surface area contributed by atoms with Crippen molar-refractivity contribution in [2.24, 2.45) is 0 Å². The highest BCUT2D eigenvalue weighted by Gasteiger charge is 2.32. The van der Waals surface area contributed by atoms with Crippen molar-refractivity contribution in [3.05, 3.63) is 52.6 Å². The Balaban J connectivity index is 1.96. The van der Waals surface area contributed by atoms with E-state index in [1.165, 1.54) is 26.2 Å². The fourth-order valence-electron chi connectivity index (χ4n) is 2.65. The number of hydrogen-bond acceptors (Lipinski definition) is 7. The molecule has 0 spiro atoms. The molecule has 148 valence electrons. The van der Waals surface area contributed by atoms with Gasteiger partial charge in [0, 0.05) is 17.7 Å². The highest BCUT2D eigenvalue weighted by Crippen LogP contribution is 2.35. The number of carbonyl (C=O) groups excluding carboxylic acids is 1. The number of carbonyl (C=O) groups is 1. The molecule has 3 aromatic rings. The Morgan fingerprint density at radius 3 is 2.64 bits per heavy atom. The van der Waals surface area contributed by atoms with Gasteiger partial charge in [0.15, 0.2) is 6.10 Å². The van der Waals surface area contributed by atoms with Gasteiger partial charge in [0.1, 0.15) is 23.5 Å². The summed E-state index contributed by atoms with van der Waals surface area (Å²) in [7, 11) is 0. The molecule has 0 radical (unpaired) electrons. The van der Waals surface area contributed by atoms with Crippen LogP contribution in [0.1, 0.15) is 27.7 Å². The van der Waals surface area contributed by atoms with Crippen molar-refractivity contribution in [2.45, 2.75) is 39.4 Å². The summed E-state index contributed by atoms with van der Waals surface area (Å²) in [5, 5.41) is 11.7. The molecule has 0 aliphatic heterocycles. The number of aliphatic hydroxyl groups is 1. The van der Waals surface area contributed by atoms with Crippen LogP contribution in [0.4, 0.5) is 0 Å². The number of benzene rings is 1. The molecule has 2 heterocycles. The zero-order valence-corrected chi connectivity index (χ0v) is 16.1. The molecular formula is C21H22O7. The molecule has 0 aliphatic rings. The Morgan fingerprint density at radius 2 is 1.96 bits per heavy atom. The summed E-state index contributed by atoms with van der Waals surface area (Å²) >= 11 is 0. The van der Waals surface area contributed by atoms with E-state index in [2.05, 4.69) is 0 Å². The Bertz CT molecular complexity index is 1100. The van der Waals surface area contributed by atoms with Crippen molar-refractivity contribution in [3.63, 3.8) is 0 Å². The molecular weight excluding hydrogens is 364 g/mol. The summed E-state index contributed by atoms with van der Waals surface area (Å²) in [4.78, 5) is 23.7. The van der Waals surface area contributed by atoms with Gasteiger partial charge in [-0.15, -0.1) is 0 Å². The first-order valence-corrected chi connectivity index (χ1v) is 8.84. The first-order chi connectivity index (χ1) is 13.2. The Labute approximate surface area is 161 Å². The van der Waals surface area contributed by atoms with Crippen LogP contribution in [0.25, 0.3) is 21.9 Å². The monoisotopic (exact) mass is 386 g/mol. The topological polar surface area (TPSA) is 99.1 Å². The van der Waals surface area contributed by atoms with E-state index in [1.807, 2.05) is 0 Å². The molecule has 3 rings (SSSR count). The van der Waals surface area contributed by atoms with Crippen LogP contribution in [-0.4, -0.2) is 29.4 Å². The number of rotatable bonds is 6. The standard InChI is InChI=1S/C21H22O7/c1-5-12(2)20(23)28-17(21(3,4)24)11-26-19-13-6-7-18(22)27-16(13)10-15-14(19)8-9-25-15/h5-10,17,24H,11H2,1-4H3/b12-5+. The smallest absolute Gasteiger partial charge is 0.336 e. The number of furan rings is 1. The SMILES string of the molecule is C/C=C(\C)C(=O)OC(COc1c2ccoc2cc2oc(=O)ccc12)C(C)(C)O. The summed E-state index contributed by atoms with van der Waals surface area (Å²) in [6.45, 7) is 6.33. The van der Waals surface area contributed by atoms with E-state index in [0.29, 0.717) is 33.3 Å². The molecule has 0 saturated carbocycles. The Kier molecular flexibility index (Phi) is 5.29. The van der Waals surface area contributed by atoms with E-state index in [9.17, 15) is 14.7 Å². The van der Waals surface area contributed by atoms with Gasteiger partial charge in [0.05, 0.1) is 22.6 Å². The molecule has 0 saturated heterocycles. The second-order valence-corrected chi connectivity index (χ2v) is 7.03. The summed E-state index contributed by atoms with van der Waals surface area (Å²) in [6.07, 6.45) is 2.20. The molecule has 0 amide bonds. The van der Waals surface area contributed by atoms with Crippen LogP contribution in [0, 0.1) is 0 Å². The van der Waals surface area contributed by atoms with E-state index in [1.54, 1.807) is 38.1 Å². The average molecular weight is 386 g/mol. The molecule has 1 unspecified atom stereocenters. The maximum absolute atomic E-state index is 12.1. The number of allylic oxidation sites excluding steroid dienone is 1. The minimum absolute atomic E-state index is 0.106. The number of ether oxygens (including phenoxy) is 2. The van der Waals surface area contributed by atoms with Crippen molar-refractivity contribution in [3.8, 4) is 5.75 Å². The van der Waals surface area contributed by atoms with Crippen molar-refractivity contribution >= 4 is 27.9 Å². The van der Waals surface area contributed by atoms with Crippen molar-refractivity contribution < 1.29 is 28.2 Å². The molecule has 1 aromatic carbocycles. The molecule has 7 nitrogen and oxygen atoms in total. The van der Waals surface area contributed by atoms with Gasteiger partial charge < -0.3 is 23.4 Å². The van der Waals surface area contributed by atoms with Gasteiger partial charge in [-0.3, -0.25) is 0 Å². The largest absolute Gasteiger partial charge is 0.488 e. The van der Waals surface area contributed by atoms with E-state index in [4.69, 9.17) is 18.3 Å². The minimum atomic E-state index is -1.34. The molecule has 1 N–H and O–H groups in total. The molecule has 0 bridgehead atoms. The van der Waals surface area contributed by atoms with Gasteiger partial charge in [-0.05, 0) is 39.8 Å². The normalized spacial score (nSPS) is 13.7. The van der Waals surface area contributed by atoms with Gasteiger partial charge in [0.2, 0.25) is 0 Å². The van der Waals surface area contributed by atoms with E-state index in [0.717, 1.165) is 0 Å². The van der Waals surface area contributed by atoms with E-state index < -0.39 is 23.3 Å². The first-order valence-electron chi connectivity index (χ1n) is 8.84.